The van der Waals surface area contributed by atoms with Gasteiger partial charge in [-0.15, -0.1) is 11.3 Å². The topological polar surface area (TPSA) is 40.1 Å². The molecule has 22 heavy (non-hydrogen) atoms. The summed E-state index contributed by atoms with van der Waals surface area (Å²) in [7, 11) is 1.88. The molecule has 5 nitrogen and oxygen atoms in total. The Kier molecular flexibility index (Phi) is 5.33. The summed E-state index contributed by atoms with van der Waals surface area (Å²) in [6.07, 6.45) is 1.22. The fraction of sp³-hybridized carbons (Fsp3) is 0.688. The Hall–Kier alpha value is -1.11. The standard InChI is InChI=1S/C16H26N4OS/c1-13-3-4-15(22-13)11-18-16(17-2)20-6-5-14(12-20)19-7-9-21-10-8-19/h3-4,14H,5-12H2,1-2H3,(H,17,18). The highest BCUT2D eigenvalue weighted by Gasteiger charge is 2.30. The summed E-state index contributed by atoms with van der Waals surface area (Å²) < 4.78 is 5.45. The first kappa shape index (κ1) is 15.8. The highest BCUT2D eigenvalue weighted by molar-refractivity contribution is 7.11. The Morgan fingerprint density at radius 3 is 2.86 bits per heavy atom. The minimum Gasteiger partial charge on any atom is -0.379 e. The maximum atomic E-state index is 5.45. The van der Waals surface area contributed by atoms with Gasteiger partial charge in [0.2, 0.25) is 0 Å². The van der Waals surface area contributed by atoms with Crippen LogP contribution < -0.4 is 5.32 Å². The highest BCUT2D eigenvalue weighted by atomic mass is 32.1. The molecule has 0 spiro atoms. The molecular formula is C16H26N4OS. The molecule has 122 valence electrons. The predicted octanol–water partition coefficient (Wildman–Crippen LogP) is 1.54. The van der Waals surface area contributed by atoms with Gasteiger partial charge in [0.15, 0.2) is 5.96 Å². The van der Waals surface area contributed by atoms with Crippen LogP contribution in [-0.4, -0.2) is 68.2 Å². The van der Waals surface area contributed by atoms with Crippen molar-refractivity contribution in [3.63, 3.8) is 0 Å². The number of aryl methyl sites for hydroxylation is 1. The third-order valence-corrected chi connectivity index (χ3v) is 5.45. The maximum Gasteiger partial charge on any atom is 0.193 e. The van der Waals surface area contributed by atoms with E-state index in [0.717, 1.165) is 51.9 Å². The van der Waals surface area contributed by atoms with Crippen LogP contribution in [0, 0.1) is 6.92 Å². The Morgan fingerprint density at radius 2 is 2.18 bits per heavy atom. The first-order chi connectivity index (χ1) is 10.8. The second kappa shape index (κ2) is 7.44. The zero-order valence-corrected chi connectivity index (χ0v) is 14.4. The van der Waals surface area contributed by atoms with Crippen LogP contribution in [0.25, 0.3) is 0 Å². The van der Waals surface area contributed by atoms with Crippen molar-refractivity contribution >= 4 is 17.3 Å². The lowest BCUT2D eigenvalue weighted by Gasteiger charge is -2.32. The van der Waals surface area contributed by atoms with Gasteiger partial charge >= 0.3 is 0 Å². The van der Waals surface area contributed by atoms with E-state index in [2.05, 4.69) is 39.2 Å². The van der Waals surface area contributed by atoms with Crippen molar-refractivity contribution in [3.8, 4) is 0 Å². The van der Waals surface area contributed by atoms with Gasteiger partial charge < -0.3 is 15.0 Å². The van der Waals surface area contributed by atoms with Crippen LogP contribution in [0.2, 0.25) is 0 Å². The minimum absolute atomic E-state index is 0.645. The molecule has 3 heterocycles. The summed E-state index contributed by atoms with van der Waals surface area (Å²) in [6.45, 7) is 9.06. The smallest absolute Gasteiger partial charge is 0.193 e. The van der Waals surface area contributed by atoms with Crippen LogP contribution in [-0.2, 0) is 11.3 Å². The quantitative estimate of drug-likeness (QED) is 0.677. The molecule has 1 unspecified atom stereocenters. The summed E-state index contributed by atoms with van der Waals surface area (Å²) in [5.41, 5.74) is 0. The van der Waals surface area contributed by atoms with Gasteiger partial charge in [-0.25, -0.2) is 0 Å². The fourth-order valence-corrected chi connectivity index (χ4v) is 4.08. The normalized spacial score (nSPS) is 24.0. The monoisotopic (exact) mass is 322 g/mol. The molecule has 3 rings (SSSR count). The van der Waals surface area contributed by atoms with Crippen molar-refractivity contribution in [1.29, 1.82) is 0 Å². The molecule has 0 bridgehead atoms. The van der Waals surface area contributed by atoms with E-state index in [1.54, 1.807) is 0 Å². The number of guanidine groups is 1. The number of nitrogens with zero attached hydrogens (tertiary/aromatic N) is 3. The van der Waals surface area contributed by atoms with E-state index >= 15 is 0 Å². The van der Waals surface area contributed by atoms with E-state index in [0.29, 0.717) is 6.04 Å². The number of rotatable bonds is 3. The van der Waals surface area contributed by atoms with Crippen molar-refractivity contribution in [2.45, 2.75) is 25.9 Å². The van der Waals surface area contributed by atoms with Gasteiger partial charge in [-0.05, 0) is 25.5 Å². The summed E-state index contributed by atoms with van der Waals surface area (Å²) in [5.74, 6) is 1.03. The molecule has 0 amide bonds. The van der Waals surface area contributed by atoms with E-state index in [1.807, 2.05) is 18.4 Å². The number of nitrogens with one attached hydrogen (secondary N) is 1. The van der Waals surface area contributed by atoms with Gasteiger partial charge in [0.1, 0.15) is 0 Å². The molecule has 1 aromatic heterocycles. The second-order valence-corrected chi connectivity index (χ2v) is 7.32. The van der Waals surface area contributed by atoms with Gasteiger partial charge in [-0.2, -0.15) is 0 Å². The minimum atomic E-state index is 0.645. The molecule has 0 aromatic carbocycles. The molecule has 0 radical (unpaired) electrons. The van der Waals surface area contributed by atoms with Crippen molar-refractivity contribution < 1.29 is 4.74 Å². The van der Waals surface area contributed by atoms with Crippen molar-refractivity contribution in [3.05, 3.63) is 21.9 Å². The van der Waals surface area contributed by atoms with Crippen molar-refractivity contribution in [2.24, 2.45) is 4.99 Å². The maximum absolute atomic E-state index is 5.45. The number of likely N-dealkylation sites (tertiary alicyclic amines) is 1. The predicted molar refractivity (Wildman–Crippen MR) is 91.6 cm³/mol. The SMILES string of the molecule is CN=C(NCc1ccc(C)s1)N1CCC(N2CCOCC2)C1. The molecule has 2 aliphatic rings. The lowest BCUT2D eigenvalue weighted by molar-refractivity contribution is 0.0195. The van der Waals surface area contributed by atoms with Crippen LogP contribution in [0.15, 0.2) is 17.1 Å². The molecule has 2 saturated heterocycles. The van der Waals surface area contributed by atoms with Gasteiger partial charge in [-0.3, -0.25) is 9.89 Å². The number of hydrogen-bond acceptors (Lipinski definition) is 4. The molecule has 1 N–H and O–H groups in total. The first-order valence-corrected chi connectivity index (χ1v) is 8.90. The van der Waals surface area contributed by atoms with E-state index in [4.69, 9.17) is 4.74 Å². The molecule has 0 saturated carbocycles. The lowest BCUT2D eigenvalue weighted by atomic mass is 10.2. The van der Waals surface area contributed by atoms with Gasteiger partial charge in [0.25, 0.3) is 0 Å². The Morgan fingerprint density at radius 1 is 1.36 bits per heavy atom. The number of morpholine rings is 1. The largest absolute Gasteiger partial charge is 0.379 e. The Balaban J connectivity index is 1.51. The third kappa shape index (κ3) is 3.80. The summed E-state index contributed by atoms with van der Waals surface area (Å²) in [4.78, 5) is 12.1. The lowest BCUT2D eigenvalue weighted by Crippen LogP contribution is -2.46. The molecule has 1 aromatic rings. The summed E-state index contributed by atoms with van der Waals surface area (Å²) in [6, 6.07) is 5.02. The highest BCUT2D eigenvalue weighted by Crippen LogP contribution is 2.18. The zero-order valence-electron chi connectivity index (χ0n) is 13.5. The van der Waals surface area contributed by atoms with E-state index in [1.165, 1.54) is 16.2 Å². The summed E-state index contributed by atoms with van der Waals surface area (Å²) >= 11 is 1.85. The number of hydrogen-bond donors (Lipinski definition) is 1. The molecule has 1 atom stereocenters. The van der Waals surface area contributed by atoms with Gasteiger partial charge in [0, 0.05) is 49.0 Å². The van der Waals surface area contributed by atoms with Crippen molar-refractivity contribution in [2.75, 3.05) is 46.4 Å². The van der Waals surface area contributed by atoms with Gasteiger partial charge in [-0.1, -0.05) is 0 Å². The Labute approximate surface area is 137 Å². The molecule has 2 fully saturated rings. The zero-order chi connectivity index (χ0) is 15.4. The van der Waals surface area contributed by atoms with Gasteiger partial charge in [0.05, 0.1) is 19.8 Å². The molecule has 2 aliphatic heterocycles. The summed E-state index contributed by atoms with van der Waals surface area (Å²) in [5, 5.41) is 3.51. The molecule has 0 aliphatic carbocycles. The van der Waals surface area contributed by atoms with Crippen LogP contribution in [0.1, 0.15) is 16.2 Å². The van der Waals surface area contributed by atoms with E-state index < -0.39 is 0 Å². The fourth-order valence-electron chi connectivity index (χ4n) is 3.25. The number of aliphatic imine (C=N–C) groups is 1. The van der Waals surface area contributed by atoms with E-state index in [9.17, 15) is 0 Å². The number of thiophene rings is 1. The molecule has 6 heteroatoms. The van der Waals surface area contributed by atoms with E-state index in [-0.39, 0.29) is 0 Å². The van der Waals surface area contributed by atoms with Crippen LogP contribution in [0.4, 0.5) is 0 Å². The number of ether oxygens (including phenoxy) is 1. The average Bonchev–Trinajstić information content (AvgIpc) is 3.18. The van der Waals surface area contributed by atoms with Crippen LogP contribution >= 0.6 is 11.3 Å². The molecular weight excluding hydrogens is 296 g/mol. The Bertz CT molecular complexity index is 510. The first-order valence-electron chi connectivity index (χ1n) is 8.09. The average molecular weight is 322 g/mol. The van der Waals surface area contributed by atoms with Crippen molar-refractivity contribution in [1.82, 2.24) is 15.1 Å². The van der Waals surface area contributed by atoms with Crippen LogP contribution in [0.5, 0.6) is 0 Å². The second-order valence-electron chi connectivity index (χ2n) is 5.95. The van der Waals surface area contributed by atoms with Crippen LogP contribution in [0.3, 0.4) is 0 Å². The third-order valence-electron chi connectivity index (χ3n) is 4.45.